The van der Waals surface area contributed by atoms with Crippen molar-refractivity contribution in [3.8, 4) is 42.1 Å². The van der Waals surface area contributed by atoms with Crippen LogP contribution in [-0.4, -0.2) is 44.7 Å². The van der Waals surface area contributed by atoms with Crippen LogP contribution in [0.1, 0.15) is 226 Å². The van der Waals surface area contributed by atoms with E-state index >= 15 is 0 Å². The Morgan fingerprint density at radius 3 is 1.78 bits per heavy atom. The summed E-state index contributed by atoms with van der Waals surface area (Å²) < 4.78 is 11.2. The Morgan fingerprint density at radius 1 is 0.782 bits per heavy atom. The van der Waals surface area contributed by atoms with Crippen LogP contribution >= 0.6 is 0 Å². The lowest BCUT2D eigenvalue weighted by atomic mass is 9.67. The molecule has 3 rings (SSSR count). The summed E-state index contributed by atoms with van der Waals surface area (Å²) in [5.41, 5.74) is 6.69. The first-order valence-corrected chi connectivity index (χ1v) is 29.6. The maximum Gasteiger partial charge on any atom is 0.309 e. The number of carbonyl (C=O) groups is 2. The number of nitrogens with zero attached hydrogens (tertiary/aromatic N) is 3. The molecule has 0 saturated carbocycles. The summed E-state index contributed by atoms with van der Waals surface area (Å²) in [5.74, 6) is 3.96. The minimum absolute atomic E-state index is 0.0571. The van der Waals surface area contributed by atoms with Gasteiger partial charge < -0.3 is 30.0 Å². The molecule has 0 aromatic heterocycles. The molecule has 10 nitrogen and oxygen atoms in total. The third kappa shape index (κ3) is 27.3. The van der Waals surface area contributed by atoms with Crippen LogP contribution in [-0.2, 0) is 20.4 Å². The third-order valence-electron chi connectivity index (χ3n) is 14.4. The minimum atomic E-state index is -0.825. The highest BCUT2D eigenvalue weighted by atomic mass is 16.5. The van der Waals surface area contributed by atoms with Crippen molar-refractivity contribution in [2.24, 2.45) is 0 Å². The van der Waals surface area contributed by atoms with Crippen LogP contribution in [0, 0.1) is 46.3 Å². The van der Waals surface area contributed by atoms with Gasteiger partial charge >= 0.3 is 5.97 Å². The van der Waals surface area contributed by atoms with Crippen molar-refractivity contribution in [3.05, 3.63) is 107 Å². The Labute approximate surface area is 474 Å². The van der Waals surface area contributed by atoms with Crippen molar-refractivity contribution in [1.29, 1.82) is 15.8 Å². The molecular formula is C68H102N5O5+. The second-order valence-corrected chi connectivity index (χ2v) is 20.0. The number of unbranched alkanes of at least 4 members (excludes halogenated alkanes) is 12. The number of carboxylic acid groups (broad SMARTS) is 1. The number of allylic oxidation sites excluding steroid dienone is 8. The maximum absolute atomic E-state index is 11.4. The van der Waals surface area contributed by atoms with Gasteiger partial charge in [0.25, 0.3) is 0 Å². The SMILES string of the molecule is C#CC(CCCCCC)(CCCCCC)c1cc(OC)ccc1NCCC=O.C=CC=C.CC.CCCCCCC(CCCCCC)(C/C(C#N)=C\C1=C(C#N)C(=C/CC#N)/CCC1)c1cc(OC)ccc1[NH2+]CCC(=O)O. The number of methoxy groups -OCH3 is 2. The van der Waals surface area contributed by atoms with Crippen molar-refractivity contribution in [2.75, 3.05) is 32.6 Å². The van der Waals surface area contributed by atoms with Gasteiger partial charge in [0.15, 0.2) is 0 Å². The molecule has 0 bridgehead atoms. The fraction of sp³-hybridized carbons (Fsp3) is 0.574. The topological polar surface area (TPSA) is 173 Å². The monoisotopic (exact) mass is 1070 g/mol. The number of nitrogens with one attached hydrogen (secondary N) is 1. The fourth-order valence-corrected chi connectivity index (χ4v) is 10.2. The predicted octanol–water partition coefficient (Wildman–Crippen LogP) is 17.1. The van der Waals surface area contributed by atoms with E-state index in [1.807, 2.05) is 55.6 Å². The average Bonchev–Trinajstić information content (AvgIpc) is 3.52. The van der Waals surface area contributed by atoms with Gasteiger partial charge in [0.1, 0.15) is 23.5 Å². The third-order valence-corrected chi connectivity index (χ3v) is 14.4. The van der Waals surface area contributed by atoms with E-state index in [4.69, 9.17) is 21.2 Å². The summed E-state index contributed by atoms with van der Waals surface area (Å²) in [6.07, 6.45) is 40.2. The van der Waals surface area contributed by atoms with Crippen LogP contribution in [0.25, 0.3) is 0 Å². The number of hydrogen-bond acceptors (Lipinski definition) is 8. The molecule has 10 heteroatoms. The molecule has 0 unspecified atom stereocenters. The second kappa shape index (κ2) is 45.7. The number of rotatable bonds is 37. The molecule has 428 valence electrons. The van der Waals surface area contributed by atoms with Crippen LogP contribution < -0.4 is 20.1 Å². The molecular weight excluding hydrogens is 967 g/mol. The van der Waals surface area contributed by atoms with Gasteiger partial charge in [-0.05, 0) is 104 Å². The number of anilines is 1. The highest BCUT2D eigenvalue weighted by Gasteiger charge is 2.37. The Bertz CT molecular complexity index is 2270. The zero-order valence-electron chi connectivity index (χ0n) is 49.8. The molecule has 0 saturated heterocycles. The molecule has 0 spiro atoms. The summed E-state index contributed by atoms with van der Waals surface area (Å²) >= 11 is 0. The summed E-state index contributed by atoms with van der Waals surface area (Å²) in [5, 5.41) is 44.5. The van der Waals surface area contributed by atoms with Gasteiger partial charge in [0, 0.05) is 41.3 Å². The summed E-state index contributed by atoms with van der Waals surface area (Å²) in [4.78, 5) is 22.1. The Morgan fingerprint density at radius 2 is 1.32 bits per heavy atom. The Hall–Kier alpha value is -6.33. The molecule has 78 heavy (non-hydrogen) atoms. The van der Waals surface area contributed by atoms with Crippen LogP contribution in [0.5, 0.6) is 11.5 Å². The number of carboxylic acids is 1. The van der Waals surface area contributed by atoms with E-state index in [0.717, 1.165) is 161 Å². The first kappa shape index (κ1) is 71.7. The van der Waals surface area contributed by atoms with Crippen LogP contribution in [0.3, 0.4) is 0 Å². The van der Waals surface area contributed by atoms with E-state index in [9.17, 15) is 25.2 Å². The molecule has 2 aromatic carbocycles. The number of benzene rings is 2. The first-order chi connectivity index (χ1) is 38.0. The van der Waals surface area contributed by atoms with Crippen molar-refractivity contribution < 1.29 is 29.5 Å². The van der Waals surface area contributed by atoms with Crippen LogP contribution in [0.4, 0.5) is 11.4 Å². The van der Waals surface area contributed by atoms with Gasteiger partial charge in [-0.3, -0.25) is 4.79 Å². The lowest BCUT2D eigenvalue weighted by molar-refractivity contribution is -0.571. The fourth-order valence-electron chi connectivity index (χ4n) is 10.2. The number of carbonyl (C=O) groups excluding carboxylic acids is 1. The number of aldehydes is 1. The summed E-state index contributed by atoms with van der Waals surface area (Å²) in [6, 6.07) is 19.2. The molecule has 0 fully saturated rings. The minimum Gasteiger partial charge on any atom is -0.497 e. The largest absolute Gasteiger partial charge is 0.497 e. The van der Waals surface area contributed by atoms with E-state index in [2.05, 4.69) is 82.4 Å². The zero-order valence-corrected chi connectivity index (χ0v) is 49.8. The number of ether oxygens (including phenoxy) is 2. The van der Waals surface area contributed by atoms with Crippen LogP contribution in [0.2, 0.25) is 0 Å². The molecule has 0 aliphatic heterocycles. The van der Waals surface area contributed by atoms with E-state index in [1.165, 1.54) is 38.5 Å². The number of hydrogen-bond donors (Lipinski definition) is 3. The van der Waals surface area contributed by atoms with Crippen LogP contribution in [0.15, 0.2) is 96.2 Å². The van der Waals surface area contributed by atoms with E-state index < -0.39 is 5.97 Å². The number of nitriles is 3. The van der Waals surface area contributed by atoms with Crippen molar-refractivity contribution in [3.63, 3.8) is 0 Å². The lowest BCUT2D eigenvalue weighted by Gasteiger charge is -2.36. The molecule has 4 N–H and O–H groups in total. The zero-order chi connectivity index (χ0) is 58.3. The molecule has 2 aromatic rings. The molecule has 0 radical (unpaired) electrons. The highest BCUT2D eigenvalue weighted by Crippen LogP contribution is 2.46. The van der Waals surface area contributed by atoms with Gasteiger partial charge in [-0.25, -0.2) is 0 Å². The summed E-state index contributed by atoms with van der Waals surface area (Å²) in [6.45, 7) is 20.6. The first-order valence-electron chi connectivity index (χ1n) is 29.6. The maximum atomic E-state index is 11.4. The number of terminal acetylenes is 1. The average molecular weight is 1070 g/mol. The number of aliphatic carboxylic acids is 1. The number of nitrogens with two attached hydrogens (primary N) is 1. The van der Waals surface area contributed by atoms with Gasteiger partial charge in [0.05, 0.1) is 62.8 Å². The van der Waals surface area contributed by atoms with E-state index in [1.54, 1.807) is 26.4 Å². The predicted molar refractivity (Wildman–Crippen MR) is 326 cm³/mol. The normalized spacial score (nSPS) is 12.6. The van der Waals surface area contributed by atoms with Crippen molar-refractivity contribution in [1.82, 2.24) is 0 Å². The van der Waals surface area contributed by atoms with Gasteiger partial charge in [-0.1, -0.05) is 182 Å². The van der Waals surface area contributed by atoms with Crippen molar-refractivity contribution >= 4 is 23.6 Å². The smallest absolute Gasteiger partial charge is 0.309 e. The highest BCUT2D eigenvalue weighted by molar-refractivity contribution is 5.66. The standard InChI is InChI=1S/C37H50N4O3.C25H39NO2.C4H6.C2H6/c1-4-6-8-10-20-37(21-11-9-7-5-2,34-25-32(44-3)17-18-35(34)41-23-19-36(42)43)26-29(27-39)24-31-15-12-14-30(16-13-22-38)33(31)28-40;1-5-8-10-12-17-25(7-3,18-13-11-9-6-2)23-21-22(28-4)15-16-24(23)26-19-14-20-27;1-3-4-2;1-2/h16-18,24-25,41H,4-15,19-21,23,26H2,1-3H3,(H,42,43);3,15-16,20-21,26H,5-6,8-14,17-19H2,1-2,4H3;3-4H,1-2H2;1-2H3/p+1/b29-24+,30-16+;;;. The number of quaternary nitrogens is 1. The molecule has 0 atom stereocenters. The van der Waals surface area contributed by atoms with Gasteiger partial charge in [-0.15, -0.1) is 6.42 Å². The second-order valence-electron chi connectivity index (χ2n) is 20.0. The molecule has 0 heterocycles. The summed E-state index contributed by atoms with van der Waals surface area (Å²) in [7, 11) is 3.35. The van der Waals surface area contributed by atoms with Crippen molar-refractivity contribution in [2.45, 2.75) is 226 Å². The van der Waals surface area contributed by atoms with Gasteiger partial charge in [0.2, 0.25) is 0 Å². The Balaban J connectivity index is 0.00000149. The van der Waals surface area contributed by atoms with Gasteiger partial charge in [-0.2, -0.15) is 15.8 Å². The Kier molecular flexibility index (Phi) is 42.0. The molecule has 1 aliphatic carbocycles. The van der Waals surface area contributed by atoms with E-state index in [0.29, 0.717) is 37.1 Å². The molecule has 1 aliphatic rings. The lowest BCUT2D eigenvalue weighted by Crippen LogP contribution is -2.79. The molecule has 0 amide bonds. The van der Waals surface area contributed by atoms with E-state index in [-0.39, 0.29) is 23.7 Å². The quantitative estimate of drug-likeness (QED) is 0.0149.